The van der Waals surface area contributed by atoms with Crippen molar-refractivity contribution in [3.63, 3.8) is 0 Å². The van der Waals surface area contributed by atoms with E-state index in [9.17, 15) is 9.59 Å². The molecular formula is C30H44N4O2. The maximum Gasteiger partial charge on any atom is 0.237 e. The molecule has 2 aromatic rings. The summed E-state index contributed by atoms with van der Waals surface area (Å²) < 4.78 is 0. The van der Waals surface area contributed by atoms with E-state index in [4.69, 9.17) is 5.73 Å². The zero-order valence-electron chi connectivity index (χ0n) is 22.0. The van der Waals surface area contributed by atoms with E-state index in [0.29, 0.717) is 19.0 Å². The Morgan fingerprint density at radius 2 is 1.61 bits per heavy atom. The molecule has 1 aliphatic rings. The minimum atomic E-state index is -0.453. The molecule has 1 aliphatic carbocycles. The Hall–Kier alpha value is -2.70. The Bertz CT molecular complexity index is 926. The molecule has 2 atom stereocenters. The normalized spacial score (nSPS) is 15.9. The summed E-state index contributed by atoms with van der Waals surface area (Å²) in [6.07, 6.45) is 8.16. The molecule has 0 radical (unpaired) electrons. The van der Waals surface area contributed by atoms with Gasteiger partial charge in [-0.05, 0) is 49.0 Å². The van der Waals surface area contributed by atoms with E-state index >= 15 is 0 Å². The zero-order chi connectivity index (χ0) is 25.8. The lowest BCUT2D eigenvalue weighted by atomic mass is 9.84. The fraction of sp³-hybridized carbons (Fsp3) is 0.533. The average molecular weight is 493 g/mol. The zero-order valence-corrected chi connectivity index (χ0v) is 22.0. The van der Waals surface area contributed by atoms with Crippen LogP contribution in [-0.4, -0.2) is 42.9 Å². The second-order valence-electron chi connectivity index (χ2n) is 10.2. The molecule has 0 heterocycles. The van der Waals surface area contributed by atoms with Crippen molar-refractivity contribution in [1.29, 1.82) is 0 Å². The van der Waals surface area contributed by atoms with Crippen molar-refractivity contribution >= 4 is 11.8 Å². The Morgan fingerprint density at radius 1 is 0.944 bits per heavy atom. The van der Waals surface area contributed by atoms with Crippen LogP contribution in [0.2, 0.25) is 0 Å². The molecule has 6 nitrogen and oxygen atoms in total. The molecule has 3 rings (SSSR count). The highest BCUT2D eigenvalue weighted by Gasteiger charge is 2.29. The van der Waals surface area contributed by atoms with Crippen molar-refractivity contribution in [3.05, 3.63) is 71.3 Å². The van der Waals surface area contributed by atoms with Gasteiger partial charge in [0, 0.05) is 19.6 Å². The summed E-state index contributed by atoms with van der Waals surface area (Å²) in [5.74, 6) is 0.0933. The van der Waals surface area contributed by atoms with Crippen LogP contribution in [0.1, 0.15) is 74.5 Å². The molecule has 0 bridgehead atoms. The molecule has 0 aliphatic heterocycles. The van der Waals surface area contributed by atoms with E-state index in [-0.39, 0.29) is 24.4 Å². The first kappa shape index (κ1) is 27.9. The van der Waals surface area contributed by atoms with Crippen LogP contribution < -0.4 is 16.4 Å². The summed E-state index contributed by atoms with van der Waals surface area (Å²) in [4.78, 5) is 28.9. The van der Waals surface area contributed by atoms with Gasteiger partial charge < -0.3 is 16.4 Å². The van der Waals surface area contributed by atoms with Crippen molar-refractivity contribution in [1.82, 2.24) is 15.5 Å². The monoisotopic (exact) mass is 492 g/mol. The summed E-state index contributed by atoms with van der Waals surface area (Å²) in [6, 6.07) is 17.5. The smallest absolute Gasteiger partial charge is 0.237 e. The first-order valence-electron chi connectivity index (χ1n) is 13.6. The van der Waals surface area contributed by atoms with Gasteiger partial charge in [-0.1, -0.05) is 93.6 Å². The molecule has 196 valence electrons. The summed E-state index contributed by atoms with van der Waals surface area (Å²) in [5, 5.41) is 6.21. The number of nitrogens with two attached hydrogens (primary N) is 1. The standard InChI is InChI=1S/C30H44N4O2/c1-3-18-34(2)28(19-23-10-6-4-7-11-23)30(36)33-22-27(26-12-8-5-9-13-26)29(35)32-21-25-16-14-24(20-31)15-17-25/h5,8-9,12-17,23,27-28H,3-4,6-7,10-11,18-22,31H2,1-2H3,(H,32,35)(H,33,36)/t27-,28+/m0/s1. The van der Waals surface area contributed by atoms with Crippen molar-refractivity contribution < 1.29 is 9.59 Å². The van der Waals surface area contributed by atoms with Gasteiger partial charge in [0.2, 0.25) is 11.8 Å². The fourth-order valence-electron chi connectivity index (χ4n) is 5.21. The van der Waals surface area contributed by atoms with Crippen LogP contribution in [0.4, 0.5) is 0 Å². The summed E-state index contributed by atoms with van der Waals surface area (Å²) in [5.41, 5.74) is 8.67. The number of benzene rings is 2. The lowest BCUT2D eigenvalue weighted by Crippen LogP contribution is -2.48. The number of carbonyl (C=O) groups excluding carboxylic acids is 2. The summed E-state index contributed by atoms with van der Waals surface area (Å²) in [6.45, 7) is 4.24. The molecule has 6 heteroatoms. The van der Waals surface area contributed by atoms with E-state index < -0.39 is 5.92 Å². The molecule has 1 saturated carbocycles. The van der Waals surface area contributed by atoms with Crippen LogP contribution >= 0.6 is 0 Å². The predicted octanol–water partition coefficient (Wildman–Crippen LogP) is 4.34. The van der Waals surface area contributed by atoms with Gasteiger partial charge in [-0.25, -0.2) is 0 Å². The van der Waals surface area contributed by atoms with Crippen molar-refractivity contribution in [2.24, 2.45) is 11.7 Å². The molecule has 0 spiro atoms. The Balaban J connectivity index is 1.66. The number of hydrogen-bond donors (Lipinski definition) is 3. The van der Waals surface area contributed by atoms with Gasteiger partial charge in [-0.3, -0.25) is 14.5 Å². The van der Waals surface area contributed by atoms with Crippen LogP contribution in [0.5, 0.6) is 0 Å². The van der Waals surface area contributed by atoms with Gasteiger partial charge in [0.1, 0.15) is 0 Å². The molecule has 2 amide bonds. The highest BCUT2D eigenvalue weighted by Crippen LogP contribution is 2.28. The lowest BCUT2D eigenvalue weighted by molar-refractivity contribution is -0.127. The first-order valence-corrected chi connectivity index (χ1v) is 13.6. The van der Waals surface area contributed by atoms with Gasteiger partial charge in [0.15, 0.2) is 0 Å². The van der Waals surface area contributed by atoms with Crippen molar-refractivity contribution in [2.45, 2.75) is 76.9 Å². The summed E-state index contributed by atoms with van der Waals surface area (Å²) in [7, 11) is 2.05. The van der Waals surface area contributed by atoms with Gasteiger partial charge in [-0.2, -0.15) is 0 Å². The number of amides is 2. The molecule has 4 N–H and O–H groups in total. The Labute approximate surface area is 217 Å². The molecule has 0 saturated heterocycles. The highest BCUT2D eigenvalue weighted by molar-refractivity contribution is 5.86. The molecule has 36 heavy (non-hydrogen) atoms. The average Bonchev–Trinajstić information content (AvgIpc) is 2.92. The van der Waals surface area contributed by atoms with Crippen LogP contribution in [-0.2, 0) is 22.7 Å². The van der Waals surface area contributed by atoms with Gasteiger partial charge >= 0.3 is 0 Å². The summed E-state index contributed by atoms with van der Waals surface area (Å²) >= 11 is 0. The minimum Gasteiger partial charge on any atom is -0.354 e. The highest BCUT2D eigenvalue weighted by atomic mass is 16.2. The third-order valence-corrected chi connectivity index (χ3v) is 7.42. The van der Waals surface area contributed by atoms with Crippen LogP contribution in [0, 0.1) is 5.92 Å². The van der Waals surface area contributed by atoms with Crippen molar-refractivity contribution in [3.8, 4) is 0 Å². The molecule has 0 unspecified atom stereocenters. The fourth-order valence-corrected chi connectivity index (χ4v) is 5.21. The van der Waals surface area contributed by atoms with E-state index in [1.807, 2.05) is 61.6 Å². The third-order valence-electron chi connectivity index (χ3n) is 7.42. The van der Waals surface area contributed by atoms with Crippen LogP contribution in [0.3, 0.4) is 0 Å². The maximum absolute atomic E-state index is 13.4. The van der Waals surface area contributed by atoms with Crippen LogP contribution in [0.25, 0.3) is 0 Å². The molecule has 1 fully saturated rings. The SMILES string of the molecule is CCCN(C)[C@H](CC1CCCCC1)C(=O)NC[C@H](C(=O)NCc1ccc(CN)cc1)c1ccccc1. The largest absolute Gasteiger partial charge is 0.354 e. The number of hydrogen-bond acceptors (Lipinski definition) is 4. The van der Waals surface area contributed by atoms with Gasteiger partial charge in [-0.15, -0.1) is 0 Å². The van der Waals surface area contributed by atoms with Gasteiger partial charge in [0.25, 0.3) is 0 Å². The number of rotatable bonds is 13. The molecule has 0 aromatic heterocycles. The number of nitrogens with zero attached hydrogens (tertiary/aromatic N) is 1. The van der Waals surface area contributed by atoms with Crippen molar-refractivity contribution in [2.75, 3.05) is 20.1 Å². The second kappa shape index (κ2) is 14.8. The number of nitrogens with one attached hydrogen (secondary N) is 2. The van der Waals surface area contributed by atoms with Gasteiger partial charge in [0.05, 0.1) is 12.0 Å². The topological polar surface area (TPSA) is 87.5 Å². The number of carbonyl (C=O) groups is 2. The number of likely N-dealkylation sites (N-methyl/N-ethyl adjacent to an activating group) is 1. The molecular weight excluding hydrogens is 448 g/mol. The minimum absolute atomic E-state index is 0.0302. The quantitative estimate of drug-likeness (QED) is 0.388. The molecule has 2 aromatic carbocycles. The lowest BCUT2D eigenvalue weighted by Gasteiger charge is -2.32. The predicted molar refractivity (Wildman–Crippen MR) is 146 cm³/mol. The van der Waals surface area contributed by atoms with E-state index in [1.54, 1.807) is 0 Å². The Morgan fingerprint density at radius 3 is 2.25 bits per heavy atom. The third kappa shape index (κ3) is 8.45. The van der Waals surface area contributed by atoms with E-state index in [1.165, 1.54) is 32.1 Å². The van der Waals surface area contributed by atoms with E-state index in [0.717, 1.165) is 36.1 Å². The maximum atomic E-state index is 13.4. The Kier molecular flexibility index (Phi) is 11.4. The first-order chi connectivity index (χ1) is 17.5. The second-order valence-corrected chi connectivity index (χ2v) is 10.2. The van der Waals surface area contributed by atoms with Crippen LogP contribution in [0.15, 0.2) is 54.6 Å². The van der Waals surface area contributed by atoms with E-state index in [2.05, 4.69) is 22.5 Å².